The zero-order valence-corrected chi connectivity index (χ0v) is 38.2. The van der Waals surface area contributed by atoms with Gasteiger partial charge in [-0.3, -0.25) is 14.4 Å². The van der Waals surface area contributed by atoms with Gasteiger partial charge in [-0.1, -0.05) is 194 Å². The van der Waals surface area contributed by atoms with Crippen LogP contribution in [0.25, 0.3) is 0 Å². The van der Waals surface area contributed by atoms with E-state index >= 15 is 0 Å². The van der Waals surface area contributed by atoms with E-state index in [4.69, 9.17) is 14.2 Å². The zero-order chi connectivity index (χ0) is 43.7. The Morgan fingerprint density at radius 2 is 0.683 bits per heavy atom. The van der Waals surface area contributed by atoms with Crippen molar-refractivity contribution in [1.29, 1.82) is 0 Å². The molecule has 0 aliphatic carbocycles. The number of rotatable bonds is 40. The lowest BCUT2D eigenvalue weighted by Crippen LogP contribution is -2.30. The molecule has 0 rings (SSSR count). The number of carbonyl (C=O) groups is 3. The van der Waals surface area contributed by atoms with Crippen molar-refractivity contribution < 1.29 is 28.6 Å². The number of carbonyl (C=O) groups excluding carboxylic acids is 3. The molecule has 60 heavy (non-hydrogen) atoms. The molecule has 0 heterocycles. The van der Waals surface area contributed by atoms with Crippen molar-refractivity contribution in [3.63, 3.8) is 0 Å². The predicted molar refractivity (Wildman–Crippen MR) is 256 cm³/mol. The molecule has 1 unspecified atom stereocenters. The van der Waals surface area contributed by atoms with Crippen molar-refractivity contribution in [2.24, 2.45) is 0 Å². The third-order valence-electron chi connectivity index (χ3n) is 9.35. The van der Waals surface area contributed by atoms with Gasteiger partial charge in [-0.2, -0.15) is 0 Å². The Bertz CT molecular complexity index is 1320. The van der Waals surface area contributed by atoms with Crippen molar-refractivity contribution in [2.75, 3.05) is 13.2 Å². The Hall–Kier alpha value is -4.19. The number of ether oxygens (including phenoxy) is 3. The van der Waals surface area contributed by atoms with Gasteiger partial charge >= 0.3 is 17.9 Å². The fraction of sp³-hybridized carbons (Fsp3) is 0.574. The molecule has 0 aliphatic heterocycles. The fourth-order valence-electron chi connectivity index (χ4n) is 5.88. The van der Waals surface area contributed by atoms with Gasteiger partial charge in [-0.05, 0) is 89.9 Å². The summed E-state index contributed by atoms with van der Waals surface area (Å²) in [6, 6.07) is 0. The van der Waals surface area contributed by atoms with E-state index < -0.39 is 6.10 Å². The van der Waals surface area contributed by atoms with E-state index in [0.29, 0.717) is 12.8 Å². The monoisotopic (exact) mass is 829 g/mol. The molecule has 0 aliphatic rings. The first-order valence-electron chi connectivity index (χ1n) is 23.6. The minimum absolute atomic E-state index is 0.111. The Morgan fingerprint density at radius 3 is 1.15 bits per heavy atom. The number of hydrogen-bond acceptors (Lipinski definition) is 6. The van der Waals surface area contributed by atoms with Crippen molar-refractivity contribution in [1.82, 2.24) is 0 Å². The highest BCUT2D eigenvalue weighted by molar-refractivity contribution is 5.71. The first-order chi connectivity index (χ1) is 29.5. The minimum Gasteiger partial charge on any atom is -0.462 e. The zero-order valence-electron chi connectivity index (χ0n) is 38.2. The van der Waals surface area contributed by atoms with Crippen molar-refractivity contribution in [3.05, 3.63) is 122 Å². The average Bonchev–Trinajstić information content (AvgIpc) is 3.24. The summed E-state index contributed by atoms with van der Waals surface area (Å²) in [5.74, 6) is -0.997. The van der Waals surface area contributed by atoms with Crippen LogP contribution in [-0.2, 0) is 28.6 Å². The quantitative estimate of drug-likeness (QED) is 0.0201. The maximum Gasteiger partial charge on any atom is 0.306 e. The molecule has 1 atom stereocenters. The van der Waals surface area contributed by atoms with E-state index in [9.17, 15) is 14.4 Å². The molecule has 0 amide bonds. The Kier molecular flexibility index (Phi) is 44.2. The molecule has 336 valence electrons. The van der Waals surface area contributed by atoms with Crippen LogP contribution in [0.5, 0.6) is 0 Å². The molecule has 6 nitrogen and oxygen atoms in total. The molecular weight excluding hydrogens is 745 g/mol. The molecule has 0 fully saturated rings. The summed E-state index contributed by atoms with van der Waals surface area (Å²) >= 11 is 0. The topological polar surface area (TPSA) is 78.9 Å². The molecule has 0 bridgehead atoms. The number of esters is 3. The highest BCUT2D eigenvalue weighted by Gasteiger charge is 2.19. The van der Waals surface area contributed by atoms with Gasteiger partial charge in [0.2, 0.25) is 0 Å². The Labute approximate surface area is 367 Å². The highest BCUT2D eigenvalue weighted by atomic mass is 16.6. The molecule has 0 aromatic heterocycles. The maximum atomic E-state index is 12.8. The summed E-state index contributed by atoms with van der Waals surface area (Å²) in [5, 5.41) is 0. The van der Waals surface area contributed by atoms with Gasteiger partial charge in [0.25, 0.3) is 0 Å². The van der Waals surface area contributed by atoms with Gasteiger partial charge in [0.15, 0.2) is 6.10 Å². The molecule has 0 radical (unpaired) electrons. The maximum absolute atomic E-state index is 12.8. The first-order valence-corrected chi connectivity index (χ1v) is 23.6. The summed E-state index contributed by atoms with van der Waals surface area (Å²) in [4.78, 5) is 37.9. The van der Waals surface area contributed by atoms with Crippen molar-refractivity contribution >= 4 is 17.9 Å². The van der Waals surface area contributed by atoms with Gasteiger partial charge in [0.1, 0.15) is 13.2 Å². The number of allylic oxidation sites excluding steroid dienone is 20. The van der Waals surface area contributed by atoms with E-state index in [1.54, 1.807) is 0 Å². The molecule has 0 aromatic carbocycles. The van der Waals surface area contributed by atoms with Crippen LogP contribution in [0.3, 0.4) is 0 Å². The van der Waals surface area contributed by atoms with E-state index in [0.717, 1.165) is 116 Å². The number of hydrogen-bond donors (Lipinski definition) is 0. The van der Waals surface area contributed by atoms with Crippen LogP contribution in [0.1, 0.15) is 181 Å². The minimum atomic E-state index is -0.813. The van der Waals surface area contributed by atoms with Crippen LogP contribution >= 0.6 is 0 Å². The van der Waals surface area contributed by atoms with E-state index in [2.05, 4.69) is 106 Å². The first kappa shape index (κ1) is 55.8. The van der Waals surface area contributed by atoms with Crippen LogP contribution in [0.4, 0.5) is 0 Å². The summed E-state index contributed by atoms with van der Waals surface area (Å²) < 4.78 is 16.7. The van der Waals surface area contributed by atoms with Crippen LogP contribution in [-0.4, -0.2) is 37.2 Å². The van der Waals surface area contributed by atoms with E-state index in [1.807, 2.05) is 36.5 Å². The van der Waals surface area contributed by atoms with Crippen molar-refractivity contribution in [3.8, 4) is 0 Å². The lowest BCUT2D eigenvalue weighted by atomic mass is 10.1. The van der Waals surface area contributed by atoms with Gasteiger partial charge < -0.3 is 14.2 Å². The van der Waals surface area contributed by atoms with Gasteiger partial charge in [-0.15, -0.1) is 0 Å². The Morgan fingerprint density at radius 1 is 0.350 bits per heavy atom. The summed E-state index contributed by atoms with van der Waals surface area (Å²) in [5.41, 5.74) is 0. The largest absolute Gasteiger partial charge is 0.462 e. The second-order valence-corrected chi connectivity index (χ2v) is 15.0. The lowest BCUT2D eigenvalue weighted by molar-refractivity contribution is -0.167. The van der Waals surface area contributed by atoms with Gasteiger partial charge in [0.05, 0.1) is 0 Å². The Balaban J connectivity index is 4.53. The van der Waals surface area contributed by atoms with Crippen molar-refractivity contribution in [2.45, 2.75) is 187 Å². The summed E-state index contributed by atoms with van der Waals surface area (Å²) in [6.45, 7) is 6.16. The normalized spacial score (nSPS) is 13.2. The second-order valence-electron chi connectivity index (χ2n) is 15.0. The highest BCUT2D eigenvalue weighted by Crippen LogP contribution is 2.13. The molecule has 0 spiro atoms. The van der Waals surface area contributed by atoms with Crippen LogP contribution in [0.2, 0.25) is 0 Å². The number of unbranched alkanes of at least 4 members (excludes halogenated alkanes) is 14. The second kappa shape index (κ2) is 47.5. The lowest BCUT2D eigenvalue weighted by Gasteiger charge is -2.18. The molecule has 6 heteroatoms. The smallest absolute Gasteiger partial charge is 0.306 e. The molecule has 0 saturated heterocycles. The predicted octanol–water partition coefficient (Wildman–Crippen LogP) is 15.4. The van der Waals surface area contributed by atoms with Crippen LogP contribution in [0.15, 0.2) is 122 Å². The van der Waals surface area contributed by atoms with E-state index in [1.165, 1.54) is 25.7 Å². The third-order valence-corrected chi connectivity index (χ3v) is 9.35. The summed E-state index contributed by atoms with van der Waals surface area (Å²) in [6.07, 6.45) is 64.6. The molecule has 0 saturated carbocycles. The standard InChI is InChI=1S/C54H84O6/c1-4-7-10-13-16-19-22-25-27-30-32-35-38-41-44-47-53(56)59-50-51(49-58-52(55)46-43-40-37-34-31-28-24-21-18-15-12-9-6-3)60-54(57)48-45-42-39-36-33-29-26-23-20-17-14-11-8-5-2/h7-13,15-22,24,26,28-29,31,51H,4-6,14,23,25,27,30,32-50H2,1-3H3/b10-7+,11-8+,12-9+,16-13+,18-15+,20-17+,22-19+,24-21+,29-26+,31-28+. The average molecular weight is 829 g/mol. The van der Waals surface area contributed by atoms with E-state index in [-0.39, 0.29) is 37.5 Å². The molecule has 0 aromatic rings. The molecule has 0 N–H and O–H groups in total. The fourth-order valence-corrected chi connectivity index (χ4v) is 5.88. The van der Waals surface area contributed by atoms with Crippen LogP contribution < -0.4 is 0 Å². The summed E-state index contributed by atoms with van der Waals surface area (Å²) in [7, 11) is 0. The van der Waals surface area contributed by atoms with Gasteiger partial charge in [-0.25, -0.2) is 0 Å². The third kappa shape index (κ3) is 44.9. The van der Waals surface area contributed by atoms with Gasteiger partial charge in [0, 0.05) is 19.3 Å². The molecular formula is C54H84O6. The van der Waals surface area contributed by atoms with Crippen LogP contribution in [0, 0.1) is 0 Å². The SMILES string of the molecule is CC/C=C/C=C/C=C/C=C/CCCCCC(=O)OCC(COC(=O)CCCCCCCCC/C=C/C=C/C=C/CC)OC(=O)CCCCCC/C=C/C/C=C/C/C=C/CC.